The maximum atomic E-state index is 10.7. The molecule has 0 heterocycles. The molecule has 0 aromatic heterocycles. The number of carbonyl (C=O) groups excluding carboxylic acids is 1. The van der Waals surface area contributed by atoms with Crippen LogP contribution in [0.5, 0.6) is 0 Å². The van der Waals surface area contributed by atoms with Gasteiger partial charge in [-0.05, 0) is 25.3 Å². The Bertz CT molecular complexity index is 145. The van der Waals surface area contributed by atoms with Crippen LogP contribution in [0, 0.1) is 6.42 Å². The standard InChI is InChI=1S/C8H11O/c1-2-7-4-3-5-8(9)6-7/h4,6H,2-3,5H2,1H3. The van der Waals surface area contributed by atoms with Crippen LogP contribution in [0.25, 0.3) is 0 Å². The van der Waals surface area contributed by atoms with Gasteiger partial charge in [0.1, 0.15) is 0 Å². The molecule has 1 radical (unpaired) electrons. The van der Waals surface area contributed by atoms with Gasteiger partial charge in [0.25, 0.3) is 0 Å². The summed E-state index contributed by atoms with van der Waals surface area (Å²) in [5, 5.41) is 0. The lowest BCUT2D eigenvalue weighted by Gasteiger charge is -2.07. The van der Waals surface area contributed by atoms with Crippen molar-refractivity contribution in [2.24, 2.45) is 0 Å². The van der Waals surface area contributed by atoms with Crippen LogP contribution in [0.4, 0.5) is 0 Å². The normalized spacial score (nSPS) is 19.7. The van der Waals surface area contributed by atoms with E-state index in [-0.39, 0.29) is 5.78 Å². The van der Waals surface area contributed by atoms with Crippen molar-refractivity contribution >= 4 is 5.78 Å². The van der Waals surface area contributed by atoms with Gasteiger partial charge in [0.2, 0.25) is 0 Å². The molecular weight excluding hydrogens is 112 g/mol. The molecule has 1 nitrogen and oxygen atoms in total. The van der Waals surface area contributed by atoms with E-state index in [1.165, 1.54) is 5.57 Å². The SMILES string of the molecule is CCC1=CC(=O)CC[CH]1. The number of hydrogen-bond donors (Lipinski definition) is 0. The molecule has 0 spiro atoms. The maximum absolute atomic E-state index is 10.7. The Kier molecular flexibility index (Phi) is 2.04. The molecule has 0 aromatic rings. The van der Waals surface area contributed by atoms with Crippen molar-refractivity contribution in [2.45, 2.75) is 26.2 Å². The lowest BCUT2D eigenvalue weighted by Crippen LogP contribution is -2.02. The van der Waals surface area contributed by atoms with Crippen molar-refractivity contribution in [3.63, 3.8) is 0 Å². The molecule has 1 rings (SSSR count). The summed E-state index contributed by atoms with van der Waals surface area (Å²) in [6, 6.07) is 0. The van der Waals surface area contributed by atoms with Gasteiger partial charge in [0, 0.05) is 6.42 Å². The van der Waals surface area contributed by atoms with E-state index < -0.39 is 0 Å². The zero-order valence-corrected chi connectivity index (χ0v) is 5.68. The lowest BCUT2D eigenvalue weighted by molar-refractivity contribution is -0.114. The van der Waals surface area contributed by atoms with Crippen LogP contribution < -0.4 is 0 Å². The molecule has 0 saturated heterocycles. The van der Waals surface area contributed by atoms with Crippen molar-refractivity contribution in [2.75, 3.05) is 0 Å². The highest BCUT2D eigenvalue weighted by molar-refractivity contribution is 5.91. The molecule has 0 aromatic carbocycles. The number of ketones is 1. The van der Waals surface area contributed by atoms with E-state index in [0.717, 1.165) is 12.8 Å². The van der Waals surface area contributed by atoms with Crippen LogP contribution in [0.3, 0.4) is 0 Å². The summed E-state index contributed by atoms with van der Waals surface area (Å²) in [6.07, 6.45) is 6.54. The molecule has 0 N–H and O–H groups in total. The van der Waals surface area contributed by atoms with Crippen molar-refractivity contribution in [1.82, 2.24) is 0 Å². The average Bonchev–Trinajstić information content (AvgIpc) is 1.88. The molecule has 9 heavy (non-hydrogen) atoms. The Hall–Kier alpha value is -0.590. The third-order valence-electron chi connectivity index (χ3n) is 1.55. The predicted molar refractivity (Wildman–Crippen MR) is 36.9 cm³/mol. The summed E-state index contributed by atoms with van der Waals surface area (Å²) >= 11 is 0. The second kappa shape index (κ2) is 2.81. The summed E-state index contributed by atoms with van der Waals surface area (Å²) in [7, 11) is 0. The van der Waals surface area contributed by atoms with Gasteiger partial charge >= 0.3 is 0 Å². The summed E-state index contributed by atoms with van der Waals surface area (Å²) < 4.78 is 0. The second-order valence-corrected chi connectivity index (χ2v) is 2.28. The van der Waals surface area contributed by atoms with Crippen molar-refractivity contribution in [3.05, 3.63) is 18.1 Å². The lowest BCUT2D eigenvalue weighted by atomic mass is 9.97. The zero-order chi connectivity index (χ0) is 6.69. The molecule has 0 saturated carbocycles. The van der Waals surface area contributed by atoms with E-state index in [1.807, 2.05) is 0 Å². The molecule has 1 aliphatic carbocycles. The highest BCUT2D eigenvalue weighted by atomic mass is 16.1. The fourth-order valence-electron chi connectivity index (χ4n) is 0.984. The number of hydrogen-bond acceptors (Lipinski definition) is 1. The van der Waals surface area contributed by atoms with Gasteiger partial charge in [-0.2, -0.15) is 0 Å². The maximum Gasteiger partial charge on any atom is 0.155 e. The van der Waals surface area contributed by atoms with E-state index in [4.69, 9.17) is 0 Å². The van der Waals surface area contributed by atoms with Gasteiger partial charge in [-0.15, -0.1) is 0 Å². The second-order valence-electron chi connectivity index (χ2n) is 2.28. The fourth-order valence-corrected chi connectivity index (χ4v) is 0.984. The van der Waals surface area contributed by atoms with Crippen LogP contribution >= 0.6 is 0 Å². The van der Waals surface area contributed by atoms with Crippen LogP contribution in [-0.4, -0.2) is 5.78 Å². The molecule has 49 valence electrons. The minimum Gasteiger partial charge on any atom is -0.295 e. The predicted octanol–water partition coefficient (Wildman–Crippen LogP) is 1.89. The van der Waals surface area contributed by atoms with Gasteiger partial charge < -0.3 is 0 Å². The van der Waals surface area contributed by atoms with Gasteiger partial charge in [-0.25, -0.2) is 0 Å². The summed E-state index contributed by atoms with van der Waals surface area (Å²) in [4.78, 5) is 10.7. The third-order valence-corrected chi connectivity index (χ3v) is 1.55. The molecule has 0 amide bonds. The van der Waals surface area contributed by atoms with Crippen LogP contribution in [0.15, 0.2) is 11.6 Å². The molecular formula is C8H11O. The minimum absolute atomic E-state index is 0.286. The molecule has 0 aliphatic heterocycles. The first-order chi connectivity index (χ1) is 4.33. The summed E-state index contributed by atoms with van der Waals surface area (Å²) in [5.74, 6) is 0.286. The quantitative estimate of drug-likeness (QED) is 0.520. The first-order valence-corrected chi connectivity index (χ1v) is 3.39. The molecule has 0 atom stereocenters. The Morgan fingerprint density at radius 3 is 2.89 bits per heavy atom. The molecule has 0 fully saturated rings. The third kappa shape index (κ3) is 1.67. The Balaban J connectivity index is 2.59. The summed E-state index contributed by atoms with van der Waals surface area (Å²) in [5.41, 5.74) is 1.20. The summed E-state index contributed by atoms with van der Waals surface area (Å²) in [6.45, 7) is 2.07. The minimum atomic E-state index is 0.286. The van der Waals surface area contributed by atoms with Gasteiger partial charge in [-0.3, -0.25) is 4.79 Å². The number of allylic oxidation sites excluding steroid dienone is 2. The van der Waals surface area contributed by atoms with E-state index >= 15 is 0 Å². The fraction of sp³-hybridized carbons (Fsp3) is 0.500. The molecule has 0 unspecified atom stereocenters. The van der Waals surface area contributed by atoms with Crippen molar-refractivity contribution < 1.29 is 4.79 Å². The Morgan fingerprint density at radius 2 is 2.44 bits per heavy atom. The van der Waals surface area contributed by atoms with E-state index in [1.54, 1.807) is 6.08 Å². The largest absolute Gasteiger partial charge is 0.295 e. The first kappa shape index (κ1) is 6.53. The number of carbonyl (C=O) groups is 1. The van der Waals surface area contributed by atoms with Crippen LogP contribution in [0.2, 0.25) is 0 Å². The van der Waals surface area contributed by atoms with Crippen LogP contribution in [-0.2, 0) is 4.79 Å². The highest BCUT2D eigenvalue weighted by Crippen LogP contribution is 2.15. The molecule has 1 aliphatic rings. The van der Waals surface area contributed by atoms with Crippen molar-refractivity contribution in [3.8, 4) is 0 Å². The van der Waals surface area contributed by atoms with E-state index in [9.17, 15) is 4.79 Å². The average molecular weight is 123 g/mol. The van der Waals surface area contributed by atoms with E-state index in [2.05, 4.69) is 13.3 Å². The molecule has 1 heteroatoms. The Morgan fingerprint density at radius 1 is 1.67 bits per heavy atom. The topological polar surface area (TPSA) is 17.1 Å². The monoisotopic (exact) mass is 123 g/mol. The highest BCUT2D eigenvalue weighted by Gasteiger charge is 2.07. The first-order valence-electron chi connectivity index (χ1n) is 3.39. The smallest absolute Gasteiger partial charge is 0.155 e. The van der Waals surface area contributed by atoms with Crippen molar-refractivity contribution in [1.29, 1.82) is 0 Å². The van der Waals surface area contributed by atoms with Gasteiger partial charge in [-0.1, -0.05) is 12.5 Å². The van der Waals surface area contributed by atoms with Crippen LogP contribution in [0.1, 0.15) is 26.2 Å². The zero-order valence-electron chi connectivity index (χ0n) is 5.68. The van der Waals surface area contributed by atoms with Gasteiger partial charge in [0.15, 0.2) is 5.78 Å². The van der Waals surface area contributed by atoms with Gasteiger partial charge in [0.05, 0.1) is 0 Å². The van der Waals surface area contributed by atoms with E-state index in [0.29, 0.717) is 6.42 Å². The molecule has 0 bridgehead atoms. The Labute approximate surface area is 55.8 Å². The number of rotatable bonds is 1.